The average Bonchev–Trinajstić information content (AvgIpc) is 2.94. The second kappa shape index (κ2) is 4.88. The van der Waals surface area contributed by atoms with Crippen molar-refractivity contribution < 1.29 is 9.59 Å². The molecule has 0 aromatic rings. The number of piperazine rings is 1. The predicted octanol–water partition coefficient (Wildman–Crippen LogP) is 0.455. The molecule has 5 nitrogen and oxygen atoms in total. The van der Waals surface area contributed by atoms with Gasteiger partial charge in [-0.25, -0.2) is 4.79 Å². The maximum atomic E-state index is 11.6. The summed E-state index contributed by atoms with van der Waals surface area (Å²) in [6, 6.07) is 0.427. The summed E-state index contributed by atoms with van der Waals surface area (Å²) >= 11 is 0. The van der Waals surface area contributed by atoms with Crippen LogP contribution in [0.3, 0.4) is 0 Å². The summed E-state index contributed by atoms with van der Waals surface area (Å²) < 4.78 is 0. The summed E-state index contributed by atoms with van der Waals surface area (Å²) in [7, 11) is 0. The number of carbonyl (C=O) groups is 2. The molecule has 2 saturated heterocycles. The summed E-state index contributed by atoms with van der Waals surface area (Å²) in [4.78, 5) is 27.4. The fourth-order valence-electron chi connectivity index (χ4n) is 3.40. The first-order valence-electron chi connectivity index (χ1n) is 7.03. The van der Waals surface area contributed by atoms with Crippen molar-refractivity contribution in [3.63, 3.8) is 0 Å². The van der Waals surface area contributed by atoms with E-state index in [0.717, 1.165) is 58.4 Å². The van der Waals surface area contributed by atoms with Gasteiger partial charge >= 0.3 is 6.03 Å². The molecule has 3 fully saturated rings. The molecule has 5 heteroatoms. The summed E-state index contributed by atoms with van der Waals surface area (Å²) in [6.45, 7) is 4.52. The standard InChI is InChI=1S/C13H21N3O2/c17-12-3-1-2-10(12)4-5-15-6-7-16-11(9-15)8-14-13(16)18/h10-11H,1-9H2,(H,14,18). The zero-order valence-electron chi connectivity index (χ0n) is 10.7. The molecule has 3 rings (SSSR count). The summed E-state index contributed by atoms with van der Waals surface area (Å²) in [5.41, 5.74) is 0. The minimum absolute atomic E-state index is 0.0885. The Balaban J connectivity index is 1.47. The molecular formula is C13H21N3O2. The van der Waals surface area contributed by atoms with Crippen LogP contribution in [0, 0.1) is 5.92 Å². The van der Waals surface area contributed by atoms with E-state index in [2.05, 4.69) is 10.2 Å². The topological polar surface area (TPSA) is 52.7 Å². The number of carbonyl (C=O) groups excluding carboxylic acids is 2. The number of amides is 2. The quantitative estimate of drug-likeness (QED) is 0.792. The molecule has 2 aliphatic heterocycles. The monoisotopic (exact) mass is 251 g/mol. The van der Waals surface area contributed by atoms with Gasteiger partial charge < -0.3 is 10.2 Å². The van der Waals surface area contributed by atoms with Crippen LogP contribution in [0.15, 0.2) is 0 Å². The van der Waals surface area contributed by atoms with Gasteiger partial charge in [-0.1, -0.05) is 0 Å². The third-order valence-electron chi connectivity index (χ3n) is 4.54. The molecule has 2 atom stereocenters. The van der Waals surface area contributed by atoms with Gasteiger partial charge in [0, 0.05) is 38.5 Å². The van der Waals surface area contributed by atoms with Crippen LogP contribution in [0.2, 0.25) is 0 Å². The van der Waals surface area contributed by atoms with Gasteiger partial charge in [0.15, 0.2) is 0 Å². The van der Waals surface area contributed by atoms with E-state index in [9.17, 15) is 9.59 Å². The third-order valence-corrected chi connectivity index (χ3v) is 4.54. The van der Waals surface area contributed by atoms with Crippen molar-refractivity contribution in [1.82, 2.24) is 15.1 Å². The van der Waals surface area contributed by atoms with Crippen LogP contribution < -0.4 is 5.32 Å². The second-order valence-corrected chi connectivity index (χ2v) is 5.68. The number of nitrogens with zero attached hydrogens (tertiary/aromatic N) is 2. The first-order valence-corrected chi connectivity index (χ1v) is 7.03. The zero-order valence-corrected chi connectivity index (χ0v) is 10.7. The van der Waals surface area contributed by atoms with Crippen LogP contribution in [0.5, 0.6) is 0 Å². The molecule has 0 bridgehead atoms. The molecular weight excluding hydrogens is 230 g/mol. The Kier molecular flexibility index (Phi) is 3.24. The molecule has 2 amide bonds. The highest BCUT2D eigenvalue weighted by atomic mass is 16.2. The minimum atomic E-state index is 0.0885. The van der Waals surface area contributed by atoms with Crippen molar-refractivity contribution >= 4 is 11.8 Å². The van der Waals surface area contributed by atoms with E-state index >= 15 is 0 Å². The number of hydrogen-bond acceptors (Lipinski definition) is 3. The second-order valence-electron chi connectivity index (χ2n) is 5.68. The van der Waals surface area contributed by atoms with E-state index in [1.54, 1.807) is 0 Å². The van der Waals surface area contributed by atoms with Gasteiger partial charge in [0.1, 0.15) is 5.78 Å². The van der Waals surface area contributed by atoms with Gasteiger partial charge in [-0.15, -0.1) is 0 Å². The van der Waals surface area contributed by atoms with Crippen LogP contribution in [0.25, 0.3) is 0 Å². The van der Waals surface area contributed by atoms with E-state index in [-0.39, 0.29) is 6.03 Å². The van der Waals surface area contributed by atoms with E-state index in [4.69, 9.17) is 0 Å². The lowest BCUT2D eigenvalue weighted by molar-refractivity contribution is -0.120. The number of rotatable bonds is 3. The van der Waals surface area contributed by atoms with Gasteiger partial charge in [0.25, 0.3) is 0 Å². The summed E-state index contributed by atoms with van der Waals surface area (Å²) in [6.07, 6.45) is 3.97. The number of Topliss-reactive ketones (excluding diaryl/α,β-unsaturated/α-hetero) is 1. The minimum Gasteiger partial charge on any atom is -0.336 e. The van der Waals surface area contributed by atoms with Crippen LogP contribution >= 0.6 is 0 Å². The number of ketones is 1. The largest absolute Gasteiger partial charge is 0.336 e. The normalized spacial score (nSPS) is 32.8. The molecule has 3 aliphatic rings. The Morgan fingerprint density at radius 1 is 1.28 bits per heavy atom. The Bertz CT molecular complexity index is 358. The molecule has 2 unspecified atom stereocenters. The molecule has 0 spiro atoms. The molecule has 2 heterocycles. The van der Waals surface area contributed by atoms with E-state index < -0.39 is 0 Å². The highest BCUT2D eigenvalue weighted by Gasteiger charge is 2.35. The third kappa shape index (κ3) is 2.23. The van der Waals surface area contributed by atoms with Crippen molar-refractivity contribution in [3.8, 4) is 0 Å². The first kappa shape index (κ1) is 12.0. The van der Waals surface area contributed by atoms with E-state index in [0.29, 0.717) is 17.7 Å². The molecule has 1 aliphatic carbocycles. The molecule has 18 heavy (non-hydrogen) atoms. The summed E-state index contributed by atoms with van der Waals surface area (Å²) in [5.74, 6) is 0.776. The van der Waals surface area contributed by atoms with Crippen molar-refractivity contribution in [2.75, 3.05) is 32.7 Å². The van der Waals surface area contributed by atoms with E-state index in [1.165, 1.54) is 0 Å². The lowest BCUT2D eigenvalue weighted by Gasteiger charge is -2.36. The van der Waals surface area contributed by atoms with Crippen molar-refractivity contribution in [3.05, 3.63) is 0 Å². The number of fused-ring (bicyclic) bond motifs is 1. The van der Waals surface area contributed by atoms with Crippen molar-refractivity contribution in [1.29, 1.82) is 0 Å². The SMILES string of the molecule is O=C1CCCC1CCN1CCN2C(=O)NCC2C1. The van der Waals surface area contributed by atoms with Crippen LogP contribution in [0.1, 0.15) is 25.7 Å². The number of nitrogens with one attached hydrogen (secondary N) is 1. The van der Waals surface area contributed by atoms with Gasteiger partial charge in [-0.2, -0.15) is 0 Å². The fraction of sp³-hybridized carbons (Fsp3) is 0.846. The van der Waals surface area contributed by atoms with Crippen molar-refractivity contribution in [2.45, 2.75) is 31.7 Å². The lowest BCUT2D eigenvalue weighted by atomic mass is 10.0. The Morgan fingerprint density at radius 3 is 2.94 bits per heavy atom. The fourth-order valence-corrected chi connectivity index (χ4v) is 3.40. The van der Waals surface area contributed by atoms with Crippen LogP contribution in [0.4, 0.5) is 4.79 Å². The first-order chi connectivity index (χ1) is 8.74. The van der Waals surface area contributed by atoms with Gasteiger partial charge in [0.05, 0.1) is 6.04 Å². The van der Waals surface area contributed by atoms with Crippen LogP contribution in [-0.2, 0) is 4.79 Å². The number of hydrogen-bond donors (Lipinski definition) is 1. The smallest absolute Gasteiger partial charge is 0.317 e. The van der Waals surface area contributed by atoms with Gasteiger partial charge in [-0.05, 0) is 25.8 Å². The molecule has 0 radical (unpaired) electrons. The Morgan fingerprint density at radius 2 is 2.17 bits per heavy atom. The van der Waals surface area contributed by atoms with E-state index in [1.807, 2.05) is 4.90 Å². The predicted molar refractivity (Wildman–Crippen MR) is 67.3 cm³/mol. The van der Waals surface area contributed by atoms with Gasteiger partial charge in [0.2, 0.25) is 0 Å². The van der Waals surface area contributed by atoms with Crippen LogP contribution in [-0.4, -0.2) is 60.4 Å². The molecule has 100 valence electrons. The molecule has 1 saturated carbocycles. The molecule has 0 aromatic heterocycles. The number of urea groups is 1. The van der Waals surface area contributed by atoms with Crippen molar-refractivity contribution in [2.24, 2.45) is 5.92 Å². The maximum absolute atomic E-state index is 11.6. The summed E-state index contributed by atoms with van der Waals surface area (Å²) in [5, 5.41) is 2.89. The highest BCUT2D eigenvalue weighted by molar-refractivity contribution is 5.82. The zero-order chi connectivity index (χ0) is 12.5. The Labute approximate surface area is 107 Å². The van der Waals surface area contributed by atoms with Gasteiger partial charge in [-0.3, -0.25) is 9.69 Å². The highest BCUT2D eigenvalue weighted by Crippen LogP contribution is 2.25. The molecule has 0 aromatic carbocycles. The maximum Gasteiger partial charge on any atom is 0.317 e. The average molecular weight is 251 g/mol. The lowest BCUT2D eigenvalue weighted by Crippen LogP contribution is -2.52. The Hall–Kier alpha value is -1.10. The molecule has 1 N–H and O–H groups in total.